The van der Waals surface area contributed by atoms with Crippen molar-refractivity contribution in [2.45, 2.75) is 19.9 Å². The van der Waals surface area contributed by atoms with Crippen molar-refractivity contribution < 1.29 is 18.7 Å². The molecule has 0 aliphatic rings. The van der Waals surface area contributed by atoms with E-state index < -0.39 is 0 Å². The summed E-state index contributed by atoms with van der Waals surface area (Å²) >= 11 is 0. The number of methoxy groups -OCH3 is 1. The van der Waals surface area contributed by atoms with Crippen LogP contribution in [-0.2, 0) is 4.79 Å². The van der Waals surface area contributed by atoms with Gasteiger partial charge in [-0.1, -0.05) is 30.3 Å². The van der Waals surface area contributed by atoms with E-state index in [1.165, 1.54) is 11.2 Å². The van der Waals surface area contributed by atoms with Crippen LogP contribution < -0.4 is 10.1 Å². The largest absolute Gasteiger partial charge is 0.497 e. The number of carbonyl (C=O) groups is 2. The Morgan fingerprint density at radius 1 is 1.06 bits per heavy atom. The predicted octanol–water partition coefficient (Wildman–Crippen LogP) is 4.63. The van der Waals surface area contributed by atoms with Gasteiger partial charge in [0, 0.05) is 17.7 Å². The topological polar surface area (TPSA) is 89.6 Å². The summed E-state index contributed by atoms with van der Waals surface area (Å²) in [6.07, 6.45) is 1.43. The van der Waals surface area contributed by atoms with Crippen LogP contribution in [0.1, 0.15) is 24.4 Å². The quantitative estimate of drug-likeness (QED) is 0.416. The van der Waals surface area contributed by atoms with Gasteiger partial charge in [-0.15, -0.1) is 0 Å². The maximum Gasteiger partial charge on any atom is 0.290 e. The van der Waals surface area contributed by atoms with E-state index in [9.17, 15) is 9.59 Å². The summed E-state index contributed by atoms with van der Waals surface area (Å²) in [5.41, 5.74) is 2.38. The predicted molar refractivity (Wildman–Crippen MR) is 129 cm³/mol. The minimum atomic E-state index is -0.345. The van der Waals surface area contributed by atoms with E-state index >= 15 is 0 Å². The van der Waals surface area contributed by atoms with Gasteiger partial charge in [-0.2, -0.15) is 5.10 Å². The van der Waals surface area contributed by atoms with Crippen LogP contribution in [0.3, 0.4) is 0 Å². The highest BCUT2D eigenvalue weighted by Crippen LogP contribution is 2.26. The number of amides is 2. The number of anilines is 1. The summed E-state index contributed by atoms with van der Waals surface area (Å²) < 4.78 is 12.1. The Labute approximate surface area is 197 Å². The lowest BCUT2D eigenvalue weighted by Gasteiger charge is -2.25. The van der Waals surface area contributed by atoms with Crippen molar-refractivity contribution in [3.05, 3.63) is 84.8 Å². The summed E-state index contributed by atoms with van der Waals surface area (Å²) in [5, 5.41) is 7.63. The van der Waals surface area contributed by atoms with E-state index in [4.69, 9.17) is 14.3 Å². The van der Waals surface area contributed by atoms with Crippen LogP contribution in [0.15, 0.2) is 83.5 Å². The van der Waals surface area contributed by atoms with Crippen molar-refractivity contribution >= 4 is 17.6 Å². The fourth-order valence-corrected chi connectivity index (χ4v) is 3.51. The maximum absolute atomic E-state index is 13.0. The maximum atomic E-state index is 13.0. The molecule has 0 aliphatic heterocycles. The Bertz CT molecular complexity index is 1250. The number of ether oxygens (including phenoxy) is 1. The molecule has 0 fully saturated rings. The zero-order valence-corrected chi connectivity index (χ0v) is 19.3. The Balaban J connectivity index is 1.62. The fourth-order valence-electron chi connectivity index (χ4n) is 3.51. The average Bonchev–Trinajstić information content (AvgIpc) is 3.53. The molecular weight excluding hydrogens is 432 g/mol. The van der Waals surface area contributed by atoms with Crippen molar-refractivity contribution in [2.24, 2.45) is 0 Å². The number of furan rings is 1. The molecule has 2 aromatic carbocycles. The average molecular weight is 459 g/mol. The second-order valence-electron chi connectivity index (χ2n) is 7.94. The van der Waals surface area contributed by atoms with Crippen molar-refractivity contribution in [3.8, 4) is 22.7 Å². The van der Waals surface area contributed by atoms with E-state index in [1.54, 1.807) is 23.9 Å². The van der Waals surface area contributed by atoms with Crippen LogP contribution in [0.4, 0.5) is 5.82 Å². The summed E-state index contributed by atoms with van der Waals surface area (Å²) in [6.45, 7) is 3.57. The standard InChI is InChI=1S/C26H26N4O4/c1-18(2)29(26(32)23-10-7-15-34-23)17-25(31)27-24-16-22(19-8-5-4-6-9-19)28-30(24)20-11-13-21(33-3)14-12-20/h4-16,18H,17H2,1-3H3,(H,27,31). The van der Waals surface area contributed by atoms with Gasteiger partial charge < -0.3 is 19.4 Å². The Hall–Kier alpha value is -4.33. The molecule has 4 rings (SSSR count). The van der Waals surface area contributed by atoms with Crippen molar-refractivity contribution in [2.75, 3.05) is 19.0 Å². The SMILES string of the molecule is COc1ccc(-n2nc(-c3ccccc3)cc2NC(=O)CN(C(=O)c2ccco2)C(C)C)cc1. The van der Waals surface area contributed by atoms with Crippen LogP contribution in [-0.4, -0.2) is 46.2 Å². The molecule has 1 N–H and O–H groups in total. The number of hydrogen-bond acceptors (Lipinski definition) is 5. The minimum absolute atomic E-state index is 0.133. The number of benzene rings is 2. The molecule has 2 aromatic heterocycles. The number of rotatable bonds is 8. The zero-order chi connectivity index (χ0) is 24.1. The summed E-state index contributed by atoms with van der Waals surface area (Å²) in [7, 11) is 1.60. The Morgan fingerprint density at radius 2 is 1.79 bits per heavy atom. The third-order valence-corrected chi connectivity index (χ3v) is 5.29. The molecule has 4 aromatic rings. The highest BCUT2D eigenvalue weighted by molar-refractivity contribution is 5.98. The first-order valence-corrected chi connectivity index (χ1v) is 10.9. The number of nitrogens with zero attached hydrogens (tertiary/aromatic N) is 3. The molecule has 8 heteroatoms. The zero-order valence-electron chi connectivity index (χ0n) is 19.3. The van der Waals surface area contributed by atoms with Crippen LogP contribution in [0.25, 0.3) is 16.9 Å². The first kappa shape index (κ1) is 22.8. The molecule has 0 aliphatic carbocycles. The van der Waals surface area contributed by atoms with Crippen LogP contribution in [0, 0.1) is 0 Å². The van der Waals surface area contributed by atoms with Crippen LogP contribution in [0.2, 0.25) is 0 Å². The van der Waals surface area contributed by atoms with Gasteiger partial charge in [0.15, 0.2) is 5.76 Å². The summed E-state index contributed by atoms with van der Waals surface area (Å²) in [6, 6.07) is 21.9. The van der Waals surface area contributed by atoms with Crippen LogP contribution >= 0.6 is 0 Å². The van der Waals surface area contributed by atoms with Crippen molar-refractivity contribution in [1.82, 2.24) is 14.7 Å². The number of hydrogen-bond donors (Lipinski definition) is 1. The normalized spacial score (nSPS) is 10.8. The molecule has 8 nitrogen and oxygen atoms in total. The molecule has 34 heavy (non-hydrogen) atoms. The lowest BCUT2D eigenvalue weighted by atomic mass is 10.1. The van der Waals surface area contributed by atoms with Crippen LogP contribution in [0.5, 0.6) is 5.75 Å². The summed E-state index contributed by atoms with van der Waals surface area (Å²) in [5.74, 6) is 0.708. The van der Waals surface area contributed by atoms with Gasteiger partial charge in [-0.25, -0.2) is 4.68 Å². The highest BCUT2D eigenvalue weighted by Gasteiger charge is 2.24. The van der Waals surface area contributed by atoms with E-state index in [-0.39, 0.29) is 30.2 Å². The summed E-state index contributed by atoms with van der Waals surface area (Å²) in [4.78, 5) is 27.3. The lowest BCUT2D eigenvalue weighted by molar-refractivity contribution is -0.117. The molecule has 0 radical (unpaired) electrons. The molecular formula is C26H26N4O4. The van der Waals surface area contributed by atoms with Gasteiger partial charge in [0.1, 0.15) is 18.1 Å². The van der Waals surface area contributed by atoms with E-state index in [0.717, 1.165) is 11.3 Å². The van der Waals surface area contributed by atoms with Gasteiger partial charge >= 0.3 is 0 Å². The highest BCUT2D eigenvalue weighted by atomic mass is 16.5. The Morgan fingerprint density at radius 3 is 2.41 bits per heavy atom. The third kappa shape index (κ3) is 5.01. The van der Waals surface area contributed by atoms with Gasteiger partial charge in [0.2, 0.25) is 5.91 Å². The molecule has 0 saturated heterocycles. The molecule has 2 amide bonds. The van der Waals surface area contributed by atoms with Crippen molar-refractivity contribution in [3.63, 3.8) is 0 Å². The van der Waals surface area contributed by atoms with E-state index in [2.05, 4.69) is 5.32 Å². The Kier molecular flexibility index (Phi) is 6.77. The number of nitrogens with one attached hydrogen (secondary N) is 1. The molecule has 174 valence electrons. The van der Waals surface area contributed by atoms with E-state index in [1.807, 2.05) is 74.5 Å². The fraction of sp³-hybridized carbons (Fsp3) is 0.192. The molecule has 0 unspecified atom stereocenters. The molecule has 0 atom stereocenters. The molecule has 0 saturated carbocycles. The molecule has 0 spiro atoms. The van der Waals surface area contributed by atoms with E-state index in [0.29, 0.717) is 17.3 Å². The second kappa shape index (κ2) is 10.1. The second-order valence-corrected chi connectivity index (χ2v) is 7.94. The van der Waals surface area contributed by atoms with Gasteiger partial charge in [-0.05, 0) is 50.2 Å². The lowest BCUT2D eigenvalue weighted by Crippen LogP contribution is -2.42. The smallest absolute Gasteiger partial charge is 0.290 e. The third-order valence-electron chi connectivity index (χ3n) is 5.29. The first-order chi connectivity index (χ1) is 16.5. The monoisotopic (exact) mass is 458 g/mol. The molecule has 2 heterocycles. The number of aromatic nitrogens is 2. The van der Waals surface area contributed by atoms with Crippen molar-refractivity contribution in [1.29, 1.82) is 0 Å². The molecule has 0 bridgehead atoms. The first-order valence-electron chi connectivity index (χ1n) is 10.9. The van der Waals surface area contributed by atoms with Gasteiger partial charge in [0.25, 0.3) is 5.91 Å². The minimum Gasteiger partial charge on any atom is -0.497 e. The van der Waals surface area contributed by atoms with Gasteiger partial charge in [0.05, 0.1) is 24.8 Å². The van der Waals surface area contributed by atoms with Gasteiger partial charge in [-0.3, -0.25) is 9.59 Å². The number of carbonyl (C=O) groups excluding carboxylic acids is 2.